The lowest BCUT2D eigenvalue weighted by Gasteiger charge is -2.56. The number of fused-ring (bicyclic) bond motifs is 1. The number of carbonyl (C=O) groups excluding carboxylic acids is 2. The first-order chi connectivity index (χ1) is 15.9. The molecule has 1 aliphatic heterocycles. The van der Waals surface area contributed by atoms with E-state index in [1.165, 1.54) is 37.7 Å². The number of hydrogen-bond acceptors (Lipinski definition) is 7. The molecule has 7 rings (SSSR count). The van der Waals surface area contributed by atoms with Gasteiger partial charge >= 0.3 is 5.97 Å². The Hall–Kier alpha value is -2.32. The Labute approximate surface area is 201 Å². The van der Waals surface area contributed by atoms with Gasteiger partial charge in [0.1, 0.15) is 4.88 Å². The number of nitrogens with one attached hydrogen (secondary N) is 2. The van der Waals surface area contributed by atoms with Crippen LogP contribution < -0.4 is 16.4 Å². The third-order valence-electron chi connectivity index (χ3n) is 8.12. The number of allylic oxidation sites excluding steroid dienone is 1. The highest BCUT2D eigenvalue weighted by Crippen LogP contribution is 2.56. The number of methoxy groups -OCH3 is 1. The summed E-state index contributed by atoms with van der Waals surface area (Å²) in [4.78, 5) is 27.9. The van der Waals surface area contributed by atoms with Gasteiger partial charge in [-0.1, -0.05) is 6.07 Å². The molecule has 6 nitrogen and oxygen atoms in total. The minimum Gasteiger partial charge on any atom is -0.466 e. The largest absolute Gasteiger partial charge is 0.466 e. The summed E-state index contributed by atoms with van der Waals surface area (Å²) in [6, 6.07) is 3.97. The first-order valence-corrected chi connectivity index (χ1v) is 13.4. The van der Waals surface area contributed by atoms with Crippen LogP contribution in [0.25, 0.3) is 0 Å². The molecule has 174 valence electrons. The molecule has 0 aromatic carbocycles. The van der Waals surface area contributed by atoms with Crippen molar-refractivity contribution in [3.05, 3.63) is 44.1 Å². The first kappa shape index (κ1) is 21.2. The third kappa shape index (κ3) is 3.33. The number of esters is 1. The maximum absolute atomic E-state index is 13.6. The molecule has 33 heavy (non-hydrogen) atoms. The molecule has 3 heterocycles. The normalized spacial score (nSPS) is 31.8. The van der Waals surface area contributed by atoms with Gasteiger partial charge in [-0.2, -0.15) is 0 Å². The van der Waals surface area contributed by atoms with Crippen LogP contribution in [0.2, 0.25) is 0 Å². The van der Waals surface area contributed by atoms with Gasteiger partial charge in [0.05, 0.1) is 29.3 Å². The van der Waals surface area contributed by atoms with Crippen LogP contribution in [0.15, 0.2) is 28.8 Å². The summed E-state index contributed by atoms with van der Waals surface area (Å²) in [5, 5.41) is 9.62. The quantitative estimate of drug-likeness (QED) is 0.527. The molecule has 4 aliphatic carbocycles. The highest BCUT2D eigenvalue weighted by atomic mass is 32.1. The van der Waals surface area contributed by atoms with Gasteiger partial charge < -0.3 is 21.1 Å². The van der Waals surface area contributed by atoms with Crippen LogP contribution in [-0.2, 0) is 9.53 Å². The van der Waals surface area contributed by atoms with Gasteiger partial charge in [0.25, 0.3) is 5.91 Å². The van der Waals surface area contributed by atoms with Crippen LogP contribution in [0, 0.1) is 17.8 Å². The summed E-state index contributed by atoms with van der Waals surface area (Å²) >= 11 is 2.97. The van der Waals surface area contributed by atoms with E-state index >= 15 is 0 Å². The Morgan fingerprint density at radius 2 is 1.85 bits per heavy atom. The lowest BCUT2D eigenvalue weighted by molar-refractivity contribution is -0.136. The van der Waals surface area contributed by atoms with Crippen molar-refractivity contribution >= 4 is 45.2 Å². The van der Waals surface area contributed by atoms with Gasteiger partial charge in [-0.15, -0.1) is 22.7 Å². The highest BCUT2D eigenvalue weighted by molar-refractivity contribution is 7.19. The van der Waals surface area contributed by atoms with E-state index in [2.05, 4.69) is 10.6 Å². The average Bonchev–Trinajstić information content (AvgIpc) is 3.39. The van der Waals surface area contributed by atoms with Crippen LogP contribution in [-0.4, -0.2) is 24.5 Å². The molecule has 1 atom stereocenters. The zero-order valence-electron chi connectivity index (χ0n) is 18.9. The lowest BCUT2D eigenvalue weighted by atomic mass is 9.53. The van der Waals surface area contributed by atoms with Gasteiger partial charge in [-0.05, 0) is 74.6 Å². The number of thiophene rings is 2. The third-order valence-corrected chi connectivity index (χ3v) is 10.2. The Morgan fingerprint density at radius 3 is 2.42 bits per heavy atom. The van der Waals surface area contributed by atoms with Crippen LogP contribution >= 0.6 is 22.7 Å². The molecule has 0 saturated heterocycles. The van der Waals surface area contributed by atoms with E-state index in [9.17, 15) is 9.59 Å². The molecule has 5 aliphatic rings. The standard InChI is InChI=1S/C25H29N3O3S2/c1-12-17(24(30)31-2)18(16-4-3-5-32-16)19-20(26)21(33-23(19)27-12)22(29)28-25-9-13-6-14(10-25)8-15(7-13)11-25/h3-5,13-15,18,27H,6-11,26H2,1-2H3,(H,28,29). The van der Waals surface area contributed by atoms with Crippen molar-refractivity contribution in [2.24, 2.45) is 17.8 Å². The maximum Gasteiger partial charge on any atom is 0.336 e. The Balaban J connectivity index is 1.36. The fourth-order valence-electron chi connectivity index (χ4n) is 7.29. The molecule has 0 radical (unpaired) electrons. The molecule has 1 amide bonds. The molecule has 2 aromatic heterocycles. The van der Waals surface area contributed by atoms with Crippen LogP contribution in [0.5, 0.6) is 0 Å². The molecule has 4 fully saturated rings. The SMILES string of the molecule is COC(=O)C1=C(C)Nc2sc(C(=O)NC34CC5CC(CC(C5)C3)C4)c(N)c2C1c1cccs1. The monoisotopic (exact) mass is 483 g/mol. The van der Waals surface area contributed by atoms with E-state index in [1.807, 2.05) is 24.4 Å². The van der Waals surface area contributed by atoms with Gasteiger partial charge in [-0.25, -0.2) is 4.79 Å². The van der Waals surface area contributed by atoms with Crippen molar-refractivity contribution < 1.29 is 14.3 Å². The number of nitrogen functional groups attached to an aromatic ring is 1. The topological polar surface area (TPSA) is 93.4 Å². The number of carbonyl (C=O) groups is 2. The van der Waals surface area contributed by atoms with Gasteiger partial charge in [0.2, 0.25) is 0 Å². The second-order valence-corrected chi connectivity index (χ2v) is 12.3. The van der Waals surface area contributed by atoms with Crippen LogP contribution in [0.4, 0.5) is 10.7 Å². The van der Waals surface area contributed by atoms with Crippen LogP contribution in [0.3, 0.4) is 0 Å². The lowest BCUT2D eigenvalue weighted by Crippen LogP contribution is -2.59. The average molecular weight is 484 g/mol. The van der Waals surface area contributed by atoms with E-state index < -0.39 is 0 Å². The van der Waals surface area contributed by atoms with Gasteiger partial charge in [-0.3, -0.25) is 4.79 Å². The molecule has 4 N–H and O–H groups in total. The number of rotatable bonds is 4. The van der Waals surface area contributed by atoms with Crippen molar-refractivity contribution in [3.63, 3.8) is 0 Å². The first-order valence-electron chi connectivity index (χ1n) is 11.7. The minimum absolute atomic E-state index is 0.0714. The summed E-state index contributed by atoms with van der Waals surface area (Å²) in [5.74, 6) is 1.47. The molecule has 2 aromatic rings. The van der Waals surface area contributed by atoms with Crippen molar-refractivity contribution in [2.75, 3.05) is 18.2 Å². The van der Waals surface area contributed by atoms with Gasteiger partial charge in [0.15, 0.2) is 0 Å². The van der Waals surface area contributed by atoms with Crippen molar-refractivity contribution in [1.29, 1.82) is 0 Å². The van der Waals surface area contributed by atoms with E-state index in [0.29, 0.717) is 16.1 Å². The van der Waals surface area contributed by atoms with Crippen molar-refractivity contribution in [1.82, 2.24) is 5.32 Å². The summed E-state index contributed by atoms with van der Waals surface area (Å²) in [6.07, 6.45) is 7.28. The summed E-state index contributed by atoms with van der Waals surface area (Å²) in [6.45, 7) is 1.88. The Bertz CT molecular complexity index is 1130. The number of ether oxygens (including phenoxy) is 1. The molecular weight excluding hydrogens is 454 g/mol. The van der Waals surface area contributed by atoms with E-state index in [1.54, 1.807) is 11.3 Å². The summed E-state index contributed by atoms with van der Waals surface area (Å²) < 4.78 is 5.11. The number of hydrogen-bond donors (Lipinski definition) is 3. The second-order valence-electron chi connectivity index (χ2n) is 10.3. The predicted molar refractivity (Wildman–Crippen MR) is 132 cm³/mol. The van der Waals surface area contributed by atoms with E-state index in [4.69, 9.17) is 10.5 Å². The molecule has 8 heteroatoms. The van der Waals surface area contributed by atoms with E-state index in [0.717, 1.165) is 58.2 Å². The zero-order valence-corrected chi connectivity index (χ0v) is 20.5. The molecule has 4 bridgehead atoms. The number of amides is 1. The number of nitrogens with two attached hydrogens (primary N) is 1. The number of anilines is 2. The minimum atomic E-state index is -0.380. The second kappa shape index (κ2) is 7.60. The fraction of sp³-hybridized carbons (Fsp3) is 0.520. The summed E-state index contributed by atoms with van der Waals surface area (Å²) in [7, 11) is 1.39. The van der Waals surface area contributed by atoms with Crippen molar-refractivity contribution in [2.45, 2.75) is 56.9 Å². The van der Waals surface area contributed by atoms with Crippen LogP contribution in [0.1, 0.15) is 71.5 Å². The van der Waals surface area contributed by atoms with E-state index in [-0.39, 0.29) is 23.3 Å². The maximum atomic E-state index is 13.6. The Kier molecular flexibility index (Phi) is 4.89. The van der Waals surface area contributed by atoms with Crippen molar-refractivity contribution in [3.8, 4) is 0 Å². The molecule has 0 spiro atoms. The molecule has 4 saturated carbocycles. The zero-order chi connectivity index (χ0) is 22.9. The predicted octanol–water partition coefficient (Wildman–Crippen LogP) is 5.09. The smallest absolute Gasteiger partial charge is 0.336 e. The fourth-order valence-corrected chi connectivity index (χ4v) is 9.24. The Morgan fingerprint density at radius 1 is 1.18 bits per heavy atom. The molecular formula is C25H29N3O3S2. The van der Waals surface area contributed by atoms with Gasteiger partial charge in [0, 0.05) is 21.7 Å². The highest BCUT2D eigenvalue weighted by Gasteiger charge is 2.52. The summed E-state index contributed by atoms with van der Waals surface area (Å²) in [5.41, 5.74) is 9.17. The molecule has 1 unspecified atom stereocenters.